The Bertz CT molecular complexity index is 857. The molecule has 1 amide bonds. The highest BCUT2D eigenvalue weighted by molar-refractivity contribution is 6.38. The fourth-order valence-corrected chi connectivity index (χ4v) is 3.43. The first kappa shape index (κ1) is 21.2. The lowest BCUT2D eigenvalue weighted by Gasteiger charge is -2.11. The third-order valence-corrected chi connectivity index (χ3v) is 4.99. The summed E-state index contributed by atoms with van der Waals surface area (Å²) >= 11 is 12.3. The van der Waals surface area contributed by atoms with Gasteiger partial charge in [-0.1, -0.05) is 67.4 Å². The summed E-state index contributed by atoms with van der Waals surface area (Å²) in [4.78, 5) is 24.8. The highest BCUT2D eigenvalue weighted by Crippen LogP contribution is 2.43. The summed E-state index contributed by atoms with van der Waals surface area (Å²) in [6, 6.07) is 10.8. The summed E-state index contributed by atoms with van der Waals surface area (Å²) in [5.74, 6) is -0.535. The number of hydrogen-bond donors (Lipinski definition) is 1. The molecule has 0 saturated heterocycles. The van der Waals surface area contributed by atoms with E-state index in [1.807, 2.05) is 31.2 Å². The molecule has 0 spiro atoms. The number of fused-ring (bicyclic) bond motifs is 1. The Morgan fingerprint density at radius 2 is 1.70 bits per heavy atom. The minimum absolute atomic E-state index is 0.0694. The fourth-order valence-electron chi connectivity index (χ4n) is 2.93. The molecule has 1 unspecified atom stereocenters. The van der Waals surface area contributed by atoms with Crippen LogP contribution in [0, 0.1) is 0 Å². The van der Waals surface area contributed by atoms with Gasteiger partial charge in [0.2, 0.25) is 5.91 Å². The normalized spacial score (nSPS) is 14.9. The molecule has 0 saturated carbocycles. The highest BCUT2D eigenvalue weighted by atomic mass is 35.5. The van der Waals surface area contributed by atoms with Crippen molar-refractivity contribution in [3.8, 4) is 0 Å². The summed E-state index contributed by atoms with van der Waals surface area (Å²) in [5.41, 5.74) is 2.90. The van der Waals surface area contributed by atoms with Gasteiger partial charge in [-0.25, -0.2) is 0 Å². The van der Waals surface area contributed by atoms with Crippen LogP contribution >= 0.6 is 23.2 Å². The van der Waals surface area contributed by atoms with Crippen LogP contribution in [0.1, 0.15) is 60.5 Å². The van der Waals surface area contributed by atoms with Crippen LogP contribution < -0.4 is 5.32 Å². The Morgan fingerprint density at radius 3 is 2.26 bits per heavy atom. The number of Topliss-reactive ketones (excluding diaryl/α,β-unsaturated/α-hetero) is 1. The molecule has 1 atom stereocenters. The summed E-state index contributed by atoms with van der Waals surface area (Å²) in [7, 11) is 0. The Morgan fingerprint density at radius 1 is 1.15 bits per heavy atom. The van der Waals surface area contributed by atoms with Crippen LogP contribution in [0.3, 0.4) is 0 Å². The van der Waals surface area contributed by atoms with Gasteiger partial charge < -0.3 is 5.32 Å². The standard InChI is InChI=1S/C19H17Cl2NO2.C3H6/c1-10(2)11-3-5-12(6-4-11)16(23)9-13-17-14(20)7-8-15(21)18(17)22-19(13)24;1-3-2/h3-8,10,13H,9H2,1-2H3,(H,22,24);3H,1H2,2H3. The molecule has 0 bridgehead atoms. The number of benzene rings is 2. The van der Waals surface area contributed by atoms with Gasteiger partial charge in [0.1, 0.15) is 0 Å². The number of halogens is 2. The maximum Gasteiger partial charge on any atom is 0.232 e. The zero-order chi connectivity index (χ0) is 20.1. The minimum Gasteiger partial charge on any atom is -0.324 e. The number of ketones is 1. The van der Waals surface area contributed by atoms with E-state index in [4.69, 9.17) is 23.2 Å². The lowest BCUT2D eigenvalue weighted by atomic mass is 9.92. The molecule has 3 nitrogen and oxygen atoms in total. The Balaban J connectivity index is 0.000000817. The lowest BCUT2D eigenvalue weighted by molar-refractivity contribution is -0.117. The summed E-state index contributed by atoms with van der Waals surface area (Å²) in [5, 5.41) is 3.60. The van der Waals surface area contributed by atoms with E-state index in [0.717, 1.165) is 0 Å². The first-order valence-corrected chi connectivity index (χ1v) is 9.54. The predicted octanol–water partition coefficient (Wildman–Crippen LogP) is 6.62. The average Bonchev–Trinajstić information content (AvgIpc) is 2.96. The number of nitrogens with one attached hydrogen (secondary N) is 1. The Kier molecular flexibility index (Phi) is 7.23. The monoisotopic (exact) mass is 403 g/mol. The molecule has 0 aromatic heterocycles. The van der Waals surface area contributed by atoms with Gasteiger partial charge in [0.25, 0.3) is 0 Å². The van der Waals surface area contributed by atoms with E-state index in [9.17, 15) is 9.59 Å². The second-order valence-electron chi connectivity index (χ2n) is 6.67. The van der Waals surface area contributed by atoms with Crippen molar-refractivity contribution in [2.75, 3.05) is 5.32 Å². The largest absolute Gasteiger partial charge is 0.324 e. The van der Waals surface area contributed by atoms with Crippen molar-refractivity contribution >= 4 is 40.6 Å². The quantitative estimate of drug-likeness (QED) is 0.460. The number of hydrogen-bond acceptors (Lipinski definition) is 2. The lowest BCUT2D eigenvalue weighted by Crippen LogP contribution is -2.16. The molecule has 1 aliphatic heterocycles. The maximum atomic E-state index is 12.6. The van der Waals surface area contributed by atoms with Gasteiger partial charge in [-0.05, 0) is 30.5 Å². The van der Waals surface area contributed by atoms with Crippen molar-refractivity contribution in [2.45, 2.75) is 39.0 Å². The van der Waals surface area contributed by atoms with E-state index in [-0.39, 0.29) is 18.1 Å². The minimum atomic E-state index is -0.608. The van der Waals surface area contributed by atoms with Crippen LogP contribution in [0.5, 0.6) is 0 Å². The SMILES string of the molecule is C=CC.CC(C)c1ccc(C(=O)CC2C(=O)Nc3c(Cl)ccc(Cl)c32)cc1. The van der Waals surface area contributed by atoms with Crippen molar-refractivity contribution in [2.24, 2.45) is 0 Å². The van der Waals surface area contributed by atoms with Crippen molar-refractivity contribution in [1.29, 1.82) is 0 Å². The molecule has 1 aliphatic rings. The molecule has 27 heavy (non-hydrogen) atoms. The number of carbonyl (C=O) groups is 2. The summed E-state index contributed by atoms with van der Waals surface area (Å²) in [6.45, 7) is 9.45. The number of anilines is 1. The second-order valence-corrected chi connectivity index (χ2v) is 7.49. The van der Waals surface area contributed by atoms with Crippen molar-refractivity contribution in [1.82, 2.24) is 0 Å². The molecule has 0 radical (unpaired) electrons. The van der Waals surface area contributed by atoms with Gasteiger partial charge in [0.15, 0.2) is 5.78 Å². The fraction of sp³-hybridized carbons (Fsp3) is 0.273. The first-order valence-electron chi connectivity index (χ1n) is 8.79. The van der Waals surface area contributed by atoms with Crippen molar-refractivity contribution < 1.29 is 9.59 Å². The van der Waals surface area contributed by atoms with Crippen molar-refractivity contribution in [3.63, 3.8) is 0 Å². The van der Waals surface area contributed by atoms with E-state index in [0.29, 0.717) is 32.8 Å². The van der Waals surface area contributed by atoms with Crippen LogP contribution in [-0.4, -0.2) is 11.7 Å². The Labute approximate surface area is 170 Å². The van der Waals surface area contributed by atoms with Crippen molar-refractivity contribution in [3.05, 3.63) is 75.8 Å². The van der Waals surface area contributed by atoms with Gasteiger partial charge in [0.05, 0.1) is 16.6 Å². The molecule has 2 aromatic carbocycles. The summed E-state index contributed by atoms with van der Waals surface area (Å²) < 4.78 is 0. The molecule has 1 heterocycles. The van der Waals surface area contributed by atoms with Gasteiger partial charge in [-0.2, -0.15) is 0 Å². The average molecular weight is 404 g/mol. The molecule has 142 valence electrons. The molecule has 1 N–H and O–H groups in total. The topological polar surface area (TPSA) is 46.2 Å². The van der Waals surface area contributed by atoms with E-state index in [1.165, 1.54) is 5.56 Å². The van der Waals surface area contributed by atoms with E-state index in [1.54, 1.807) is 18.2 Å². The van der Waals surface area contributed by atoms with Gasteiger partial charge in [-0.3, -0.25) is 9.59 Å². The predicted molar refractivity (Wildman–Crippen MR) is 113 cm³/mol. The van der Waals surface area contributed by atoms with E-state index < -0.39 is 5.92 Å². The zero-order valence-corrected chi connectivity index (χ0v) is 17.2. The third-order valence-electron chi connectivity index (χ3n) is 4.34. The smallest absolute Gasteiger partial charge is 0.232 e. The van der Waals surface area contributed by atoms with Crippen LogP contribution in [0.25, 0.3) is 0 Å². The van der Waals surface area contributed by atoms with Crippen LogP contribution in [0.4, 0.5) is 5.69 Å². The molecule has 3 rings (SSSR count). The van der Waals surface area contributed by atoms with Gasteiger partial charge in [-0.15, -0.1) is 6.58 Å². The van der Waals surface area contributed by atoms with Gasteiger partial charge >= 0.3 is 0 Å². The number of rotatable bonds is 4. The molecule has 5 heteroatoms. The van der Waals surface area contributed by atoms with Crippen LogP contribution in [0.2, 0.25) is 10.0 Å². The molecular formula is C22H23Cl2NO2. The first-order chi connectivity index (χ1) is 12.8. The highest BCUT2D eigenvalue weighted by Gasteiger charge is 2.35. The van der Waals surface area contributed by atoms with Gasteiger partial charge in [0, 0.05) is 22.6 Å². The zero-order valence-electron chi connectivity index (χ0n) is 15.7. The second kappa shape index (κ2) is 9.20. The van der Waals surface area contributed by atoms with E-state index >= 15 is 0 Å². The van der Waals surface area contributed by atoms with E-state index in [2.05, 4.69) is 25.7 Å². The number of carbonyl (C=O) groups excluding carboxylic acids is 2. The molecule has 0 fully saturated rings. The Hall–Kier alpha value is -2.10. The molecule has 0 aliphatic carbocycles. The molecular weight excluding hydrogens is 381 g/mol. The van der Waals surface area contributed by atoms with Crippen LogP contribution in [0.15, 0.2) is 49.1 Å². The summed E-state index contributed by atoms with van der Waals surface area (Å²) in [6.07, 6.45) is 1.82. The number of amides is 1. The molecule has 2 aromatic rings. The third kappa shape index (κ3) is 4.79. The maximum absolute atomic E-state index is 12.6. The van der Waals surface area contributed by atoms with Crippen LogP contribution in [-0.2, 0) is 4.79 Å². The number of allylic oxidation sites excluding steroid dienone is 1.